The number of ether oxygens (including phenoxy) is 1. The summed E-state index contributed by atoms with van der Waals surface area (Å²) < 4.78 is 5.22. The molecule has 0 bridgehead atoms. The molecule has 0 aliphatic heterocycles. The number of hydrogen-bond donors (Lipinski definition) is 1. The summed E-state index contributed by atoms with van der Waals surface area (Å²) in [6, 6.07) is 18.0. The monoisotopic (exact) mass is 315 g/mol. The molecule has 2 rings (SSSR count). The van der Waals surface area contributed by atoms with Crippen LogP contribution in [0.4, 0.5) is 0 Å². The van der Waals surface area contributed by atoms with Crippen LogP contribution in [0.2, 0.25) is 0 Å². The lowest BCUT2D eigenvalue weighted by Gasteiger charge is -2.16. The SMILES string of the molecule is CCOC(=O)C(Sc1ccc(CNC)cc1)c1ccccc1. The van der Waals surface area contributed by atoms with Gasteiger partial charge < -0.3 is 10.1 Å². The van der Waals surface area contributed by atoms with Crippen molar-refractivity contribution >= 4 is 17.7 Å². The zero-order valence-corrected chi connectivity index (χ0v) is 13.7. The van der Waals surface area contributed by atoms with E-state index in [1.165, 1.54) is 17.3 Å². The number of esters is 1. The quantitative estimate of drug-likeness (QED) is 0.623. The highest BCUT2D eigenvalue weighted by atomic mass is 32.2. The van der Waals surface area contributed by atoms with Gasteiger partial charge in [-0.15, -0.1) is 11.8 Å². The van der Waals surface area contributed by atoms with Gasteiger partial charge in [-0.05, 0) is 37.2 Å². The van der Waals surface area contributed by atoms with Crippen molar-refractivity contribution in [2.45, 2.75) is 23.6 Å². The summed E-state index contributed by atoms with van der Waals surface area (Å²) in [5.74, 6) is -0.196. The lowest BCUT2D eigenvalue weighted by atomic mass is 10.1. The molecule has 0 spiro atoms. The Balaban J connectivity index is 2.17. The fourth-order valence-electron chi connectivity index (χ4n) is 2.12. The van der Waals surface area contributed by atoms with Gasteiger partial charge in [0.2, 0.25) is 0 Å². The van der Waals surface area contributed by atoms with Crippen LogP contribution in [-0.2, 0) is 16.1 Å². The molecule has 0 aliphatic carbocycles. The van der Waals surface area contributed by atoms with Crippen LogP contribution in [0.1, 0.15) is 23.3 Å². The highest BCUT2D eigenvalue weighted by Crippen LogP contribution is 2.36. The van der Waals surface area contributed by atoms with E-state index in [0.29, 0.717) is 6.61 Å². The first-order valence-corrected chi connectivity index (χ1v) is 8.24. The molecule has 0 saturated carbocycles. The zero-order valence-electron chi connectivity index (χ0n) is 12.9. The van der Waals surface area contributed by atoms with Crippen LogP contribution in [0.5, 0.6) is 0 Å². The first-order valence-electron chi connectivity index (χ1n) is 7.36. The second-order valence-corrected chi connectivity index (χ2v) is 6.01. The Morgan fingerprint density at radius 3 is 2.41 bits per heavy atom. The predicted octanol–water partition coefficient (Wildman–Crippen LogP) is 3.80. The van der Waals surface area contributed by atoms with Crippen molar-refractivity contribution < 1.29 is 9.53 Å². The number of benzene rings is 2. The van der Waals surface area contributed by atoms with E-state index in [1.54, 1.807) is 0 Å². The molecular formula is C18H21NO2S. The number of nitrogens with one attached hydrogen (secondary N) is 1. The summed E-state index contributed by atoms with van der Waals surface area (Å²) >= 11 is 1.52. The van der Waals surface area contributed by atoms with Crippen LogP contribution in [0.15, 0.2) is 59.5 Å². The Morgan fingerprint density at radius 2 is 1.82 bits per heavy atom. The maximum atomic E-state index is 12.3. The summed E-state index contributed by atoms with van der Waals surface area (Å²) in [5, 5.41) is 2.79. The summed E-state index contributed by atoms with van der Waals surface area (Å²) in [6.07, 6.45) is 0. The first kappa shape index (κ1) is 16.6. The van der Waals surface area contributed by atoms with E-state index in [0.717, 1.165) is 17.0 Å². The van der Waals surface area contributed by atoms with Gasteiger partial charge in [0.05, 0.1) is 6.61 Å². The number of carbonyl (C=O) groups excluding carboxylic acids is 1. The van der Waals surface area contributed by atoms with E-state index in [-0.39, 0.29) is 11.2 Å². The average Bonchev–Trinajstić information content (AvgIpc) is 2.55. The van der Waals surface area contributed by atoms with Crippen LogP contribution < -0.4 is 5.32 Å². The van der Waals surface area contributed by atoms with Crippen molar-refractivity contribution in [2.24, 2.45) is 0 Å². The fraction of sp³-hybridized carbons (Fsp3) is 0.278. The van der Waals surface area contributed by atoms with Crippen LogP contribution in [0.3, 0.4) is 0 Å². The van der Waals surface area contributed by atoms with Crippen LogP contribution >= 0.6 is 11.8 Å². The third-order valence-electron chi connectivity index (χ3n) is 3.16. The minimum absolute atomic E-state index is 0.196. The average molecular weight is 315 g/mol. The lowest BCUT2D eigenvalue weighted by molar-refractivity contribution is -0.142. The maximum absolute atomic E-state index is 12.3. The van der Waals surface area contributed by atoms with E-state index < -0.39 is 0 Å². The van der Waals surface area contributed by atoms with Gasteiger partial charge in [-0.2, -0.15) is 0 Å². The van der Waals surface area contributed by atoms with Gasteiger partial charge in [-0.3, -0.25) is 4.79 Å². The van der Waals surface area contributed by atoms with Crippen LogP contribution in [0, 0.1) is 0 Å². The number of hydrogen-bond acceptors (Lipinski definition) is 4. The van der Waals surface area contributed by atoms with Gasteiger partial charge >= 0.3 is 5.97 Å². The molecule has 0 amide bonds. The number of thioether (sulfide) groups is 1. The van der Waals surface area contributed by atoms with Gasteiger partial charge in [0.25, 0.3) is 0 Å². The minimum atomic E-state index is -0.337. The molecule has 1 unspecified atom stereocenters. The largest absolute Gasteiger partial charge is 0.465 e. The van der Waals surface area contributed by atoms with Gasteiger partial charge in [0.15, 0.2) is 0 Å². The molecule has 3 nitrogen and oxygen atoms in total. The summed E-state index contributed by atoms with van der Waals surface area (Å²) in [5.41, 5.74) is 2.18. The molecular weight excluding hydrogens is 294 g/mol. The highest BCUT2D eigenvalue weighted by molar-refractivity contribution is 8.00. The second kappa shape index (κ2) is 8.61. The topological polar surface area (TPSA) is 38.3 Å². The standard InChI is InChI=1S/C18H21NO2S/c1-3-21-18(20)17(15-7-5-4-6-8-15)22-16-11-9-14(10-12-16)13-19-2/h4-12,17,19H,3,13H2,1-2H3. The summed E-state index contributed by atoms with van der Waals surface area (Å²) in [4.78, 5) is 13.3. The Hall–Kier alpha value is -1.78. The van der Waals surface area contributed by atoms with Gasteiger partial charge in [0.1, 0.15) is 5.25 Å². The van der Waals surface area contributed by atoms with E-state index >= 15 is 0 Å². The lowest BCUT2D eigenvalue weighted by Crippen LogP contribution is -2.13. The highest BCUT2D eigenvalue weighted by Gasteiger charge is 2.23. The third-order valence-corrected chi connectivity index (χ3v) is 4.41. The molecule has 4 heteroatoms. The predicted molar refractivity (Wildman–Crippen MR) is 90.9 cm³/mol. The Bertz CT molecular complexity index is 584. The molecule has 1 atom stereocenters. The van der Waals surface area contributed by atoms with Crippen molar-refractivity contribution in [2.75, 3.05) is 13.7 Å². The number of rotatable bonds is 7. The Morgan fingerprint density at radius 1 is 1.14 bits per heavy atom. The summed E-state index contributed by atoms with van der Waals surface area (Å²) in [7, 11) is 1.93. The van der Waals surface area contributed by atoms with Crippen molar-refractivity contribution in [3.8, 4) is 0 Å². The number of carbonyl (C=O) groups is 1. The van der Waals surface area contributed by atoms with Crippen molar-refractivity contribution in [3.63, 3.8) is 0 Å². The van der Waals surface area contributed by atoms with Crippen molar-refractivity contribution in [3.05, 3.63) is 65.7 Å². The molecule has 0 aliphatic rings. The van der Waals surface area contributed by atoms with Crippen molar-refractivity contribution in [1.82, 2.24) is 5.32 Å². The molecule has 0 heterocycles. The zero-order chi connectivity index (χ0) is 15.8. The van der Waals surface area contributed by atoms with E-state index in [2.05, 4.69) is 17.4 Å². The molecule has 0 saturated heterocycles. The van der Waals surface area contributed by atoms with Crippen molar-refractivity contribution in [1.29, 1.82) is 0 Å². The smallest absolute Gasteiger partial charge is 0.323 e. The van der Waals surface area contributed by atoms with E-state index in [4.69, 9.17) is 4.74 Å². The molecule has 0 radical (unpaired) electrons. The van der Waals surface area contributed by atoms with E-state index in [9.17, 15) is 4.79 Å². The molecule has 22 heavy (non-hydrogen) atoms. The van der Waals surface area contributed by atoms with Gasteiger partial charge in [-0.1, -0.05) is 42.5 Å². The fourth-order valence-corrected chi connectivity index (χ4v) is 3.15. The molecule has 2 aromatic rings. The Labute approximate surface area is 136 Å². The maximum Gasteiger partial charge on any atom is 0.323 e. The third kappa shape index (κ3) is 4.61. The van der Waals surface area contributed by atoms with Crippen LogP contribution in [-0.4, -0.2) is 19.6 Å². The Kier molecular flexibility index (Phi) is 6.49. The molecule has 0 fully saturated rings. The van der Waals surface area contributed by atoms with E-state index in [1.807, 2.05) is 56.4 Å². The minimum Gasteiger partial charge on any atom is -0.465 e. The summed E-state index contributed by atoms with van der Waals surface area (Å²) in [6.45, 7) is 3.06. The van der Waals surface area contributed by atoms with Gasteiger partial charge in [-0.25, -0.2) is 0 Å². The normalized spacial score (nSPS) is 11.9. The van der Waals surface area contributed by atoms with Gasteiger partial charge in [0, 0.05) is 11.4 Å². The van der Waals surface area contributed by atoms with Crippen LogP contribution in [0.25, 0.3) is 0 Å². The molecule has 2 aromatic carbocycles. The second-order valence-electron chi connectivity index (χ2n) is 4.83. The molecule has 1 N–H and O–H groups in total. The first-order chi connectivity index (χ1) is 10.7. The molecule has 116 valence electrons. The molecule has 0 aromatic heterocycles.